The minimum Gasteiger partial charge on any atom is -0.425 e. The molecule has 1 atom stereocenters. The van der Waals surface area contributed by atoms with Gasteiger partial charge in [0.1, 0.15) is 0 Å². The van der Waals surface area contributed by atoms with Gasteiger partial charge in [0.15, 0.2) is 0 Å². The molecule has 1 aliphatic rings. The number of hydrogen-bond donors (Lipinski definition) is 1. The molecule has 0 amide bonds. The maximum Gasteiger partial charge on any atom is 0.341 e. The van der Waals surface area contributed by atoms with Crippen molar-refractivity contribution in [3.05, 3.63) is 69.7 Å². The first-order valence-corrected chi connectivity index (χ1v) is 6.67. The molecular weight excluding hydrogens is 308 g/mol. The first kappa shape index (κ1) is 12.4. The summed E-state index contributed by atoms with van der Waals surface area (Å²) in [4.78, 5) is 11.7. The minimum absolute atomic E-state index is 0.239. The van der Waals surface area contributed by atoms with E-state index in [1.54, 1.807) is 24.3 Å². The predicted octanol–water partition coefficient (Wildman–Crippen LogP) is 3.01. The highest BCUT2D eigenvalue weighted by Crippen LogP contribution is 2.36. The van der Waals surface area contributed by atoms with Gasteiger partial charge in [-0.3, -0.25) is 0 Å². The van der Waals surface area contributed by atoms with Crippen LogP contribution in [0.5, 0.6) is 0 Å². The van der Waals surface area contributed by atoms with E-state index in [1.165, 1.54) is 0 Å². The average molecular weight is 319 g/mol. The van der Waals surface area contributed by atoms with Crippen molar-refractivity contribution in [3.8, 4) is 0 Å². The van der Waals surface area contributed by atoms with Crippen LogP contribution in [0.4, 0.5) is 0 Å². The highest BCUT2D eigenvalue weighted by atomic mass is 79.9. The maximum absolute atomic E-state index is 11.7. The Kier molecular flexibility index (Phi) is 2.92. The third kappa shape index (κ3) is 2.17. The molecule has 0 radical (unpaired) electrons. The standard InChI is InChI=1S/C15H11BrO3/c16-11-7-5-10(6-8-11)9-15(18)13-4-2-1-3-12(13)14(17)19-15/h1-8,18H,9H2. The lowest BCUT2D eigenvalue weighted by Gasteiger charge is -2.22. The van der Waals surface area contributed by atoms with Crippen molar-refractivity contribution in [3.63, 3.8) is 0 Å². The second-order valence-electron chi connectivity index (χ2n) is 4.52. The highest BCUT2D eigenvalue weighted by molar-refractivity contribution is 9.10. The average Bonchev–Trinajstić information content (AvgIpc) is 2.65. The summed E-state index contributed by atoms with van der Waals surface area (Å²) in [6.07, 6.45) is 0.239. The van der Waals surface area contributed by atoms with E-state index in [0.717, 1.165) is 10.0 Å². The molecule has 0 aliphatic carbocycles. The van der Waals surface area contributed by atoms with Gasteiger partial charge in [0, 0.05) is 16.5 Å². The molecule has 3 rings (SSSR count). The predicted molar refractivity (Wildman–Crippen MR) is 73.6 cm³/mol. The van der Waals surface area contributed by atoms with Crippen LogP contribution in [0.3, 0.4) is 0 Å². The molecule has 0 fully saturated rings. The number of hydrogen-bond acceptors (Lipinski definition) is 3. The Hall–Kier alpha value is -1.65. The Morgan fingerprint density at radius 2 is 1.79 bits per heavy atom. The van der Waals surface area contributed by atoms with E-state index in [9.17, 15) is 9.90 Å². The van der Waals surface area contributed by atoms with Gasteiger partial charge in [0.05, 0.1) is 5.56 Å². The number of halogens is 1. The lowest BCUT2D eigenvalue weighted by molar-refractivity contribution is -0.161. The zero-order valence-electron chi connectivity index (χ0n) is 9.97. The third-order valence-corrected chi connectivity index (χ3v) is 3.72. The SMILES string of the molecule is O=C1OC(O)(Cc2ccc(Br)cc2)c2ccccc21. The molecular formula is C15H11BrO3. The van der Waals surface area contributed by atoms with Gasteiger partial charge in [-0.05, 0) is 23.8 Å². The van der Waals surface area contributed by atoms with Crippen molar-refractivity contribution in [2.45, 2.75) is 12.2 Å². The molecule has 3 nitrogen and oxygen atoms in total. The van der Waals surface area contributed by atoms with Crippen LogP contribution in [-0.2, 0) is 16.9 Å². The van der Waals surface area contributed by atoms with Gasteiger partial charge >= 0.3 is 5.97 Å². The zero-order valence-corrected chi connectivity index (χ0v) is 11.6. The molecule has 0 spiro atoms. The van der Waals surface area contributed by atoms with Crippen LogP contribution in [0, 0.1) is 0 Å². The van der Waals surface area contributed by atoms with Crippen molar-refractivity contribution in [1.29, 1.82) is 0 Å². The van der Waals surface area contributed by atoms with Crippen LogP contribution in [0.25, 0.3) is 0 Å². The number of fused-ring (bicyclic) bond motifs is 1. The fourth-order valence-corrected chi connectivity index (χ4v) is 2.54. The molecule has 1 aliphatic heterocycles. The van der Waals surface area contributed by atoms with E-state index in [-0.39, 0.29) is 6.42 Å². The molecule has 1 heterocycles. The molecule has 4 heteroatoms. The lowest BCUT2D eigenvalue weighted by Crippen LogP contribution is -2.28. The van der Waals surface area contributed by atoms with Gasteiger partial charge in [-0.25, -0.2) is 4.79 Å². The Bertz CT molecular complexity index is 636. The summed E-state index contributed by atoms with van der Waals surface area (Å²) >= 11 is 3.36. The second-order valence-corrected chi connectivity index (χ2v) is 5.44. The number of benzene rings is 2. The van der Waals surface area contributed by atoms with Crippen LogP contribution in [0.2, 0.25) is 0 Å². The second kappa shape index (κ2) is 4.47. The number of aliphatic hydroxyl groups is 1. The molecule has 0 saturated carbocycles. The van der Waals surface area contributed by atoms with Crippen LogP contribution < -0.4 is 0 Å². The molecule has 0 bridgehead atoms. The van der Waals surface area contributed by atoms with E-state index in [0.29, 0.717) is 11.1 Å². The van der Waals surface area contributed by atoms with E-state index >= 15 is 0 Å². The van der Waals surface area contributed by atoms with Gasteiger partial charge < -0.3 is 9.84 Å². The van der Waals surface area contributed by atoms with Gasteiger partial charge in [0.2, 0.25) is 5.79 Å². The molecule has 1 unspecified atom stereocenters. The lowest BCUT2D eigenvalue weighted by atomic mass is 9.96. The largest absolute Gasteiger partial charge is 0.425 e. The maximum atomic E-state index is 11.7. The Balaban J connectivity index is 1.97. The van der Waals surface area contributed by atoms with Crippen molar-refractivity contribution in [2.75, 3.05) is 0 Å². The summed E-state index contributed by atoms with van der Waals surface area (Å²) in [5.41, 5.74) is 1.86. The van der Waals surface area contributed by atoms with Gasteiger partial charge in [-0.15, -0.1) is 0 Å². The minimum atomic E-state index is -1.57. The quantitative estimate of drug-likeness (QED) is 0.866. The van der Waals surface area contributed by atoms with Crippen molar-refractivity contribution < 1.29 is 14.6 Å². The summed E-state index contributed by atoms with van der Waals surface area (Å²) in [5.74, 6) is -2.04. The normalized spacial score (nSPS) is 21.1. The van der Waals surface area contributed by atoms with E-state index in [1.807, 2.05) is 24.3 Å². The first-order chi connectivity index (χ1) is 9.08. The van der Waals surface area contributed by atoms with Crippen molar-refractivity contribution >= 4 is 21.9 Å². The van der Waals surface area contributed by atoms with Crippen molar-refractivity contribution in [2.24, 2.45) is 0 Å². The zero-order chi connectivity index (χ0) is 13.5. The number of rotatable bonds is 2. The Morgan fingerprint density at radius 3 is 2.53 bits per heavy atom. The molecule has 19 heavy (non-hydrogen) atoms. The van der Waals surface area contributed by atoms with E-state index in [4.69, 9.17) is 4.74 Å². The third-order valence-electron chi connectivity index (χ3n) is 3.19. The number of carbonyl (C=O) groups is 1. The Morgan fingerprint density at radius 1 is 1.11 bits per heavy atom. The summed E-state index contributed by atoms with van der Waals surface area (Å²) in [7, 11) is 0. The van der Waals surface area contributed by atoms with Gasteiger partial charge in [-0.1, -0.05) is 46.3 Å². The molecule has 2 aromatic rings. The smallest absolute Gasteiger partial charge is 0.341 e. The van der Waals surface area contributed by atoms with Crippen LogP contribution >= 0.6 is 15.9 Å². The summed E-state index contributed by atoms with van der Waals surface area (Å²) < 4.78 is 6.12. The fourth-order valence-electron chi connectivity index (χ4n) is 2.28. The molecule has 2 aromatic carbocycles. The molecule has 0 saturated heterocycles. The summed E-state index contributed by atoms with van der Waals surface area (Å²) in [6, 6.07) is 14.5. The highest BCUT2D eigenvalue weighted by Gasteiger charge is 2.43. The number of cyclic esters (lactones) is 1. The van der Waals surface area contributed by atoms with Gasteiger partial charge in [-0.2, -0.15) is 0 Å². The summed E-state index contributed by atoms with van der Waals surface area (Å²) in [6.45, 7) is 0. The molecule has 96 valence electrons. The van der Waals surface area contributed by atoms with Crippen LogP contribution in [-0.4, -0.2) is 11.1 Å². The molecule has 0 aromatic heterocycles. The van der Waals surface area contributed by atoms with Gasteiger partial charge in [0.25, 0.3) is 0 Å². The van der Waals surface area contributed by atoms with Crippen LogP contribution in [0.15, 0.2) is 53.0 Å². The number of ether oxygens (including phenoxy) is 1. The number of carbonyl (C=O) groups excluding carboxylic acids is 1. The van der Waals surface area contributed by atoms with E-state index < -0.39 is 11.8 Å². The summed E-state index contributed by atoms with van der Waals surface area (Å²) in [5, 5.41) is 10.6. The monoisotopic (exact) mass is 318 g/mol. The topological polar surface area (TPSA) is 46.5 Å². The Labute approximate surface area is 119 Å². The first-order valence-electron chi connectivity index (χ1n) is 5.88. The fraction of sp³-hybridized carbons (Fsp3) is 0.133. The van der Waals surface area contributed by atoms with Crippen LogP contribution in [0.1, 0.15) is 21.5 Å². The van der Waals surface area contributed by atoms with E-state index in [2.05, 4.69) is 15.9 Å². The van der Waals surface area contributed by atoms with Crippen molar-refractivity contribution in [1.82, 2.24) is 0 Å². The number of esters is 1. The molecule has 1 N–H and O–H groups in total.